The number of anilines is 2. The topological polar surface area (TPSA) is 96.0 Å². The van der Waals surface area contributed by atoms with E-state index in [1.54, 1.807) is 19.2 Å². The van der Waals surface area contributed by atoms with E-state index in [0.29, 0.717) is 24.9 Å². The Labute approximate surface area is 107 Å². The summed E-state index contributed by atoms with van der Waals surface area (Å²) in [6.45, 7) is 5.14. The van der Waals surface area contributed by atoms with Crippen LogP contribution in [0.25, 0.3) is 0 Å². The van der Waals surface area contributed by atoms with Crippen LogP contribution in [0, 0.1) is 0 Å². The molecule has 0 fully saturated rings. The minimum absolute atomic E-state index is 0.0153. The second-order valence-electron chi connectivity index (χ2n) is 3.54. The smallest absolute Gasteiger partial charge is 0.224 e. The quantitative estimate of drug-likeness (QED) is 0.629. The molecule has 0 atom stereocenters. The Morgan fingerprint density at radius 2 is 2.00 bits per heavy atom. The molecule has 3 N–H and O–H groups in total. The zero-order chi connectivity index (χ0) is 13.4. The molecule has 0 radical (unpaired) electrons. The number of nitrogens with zero attached hydrogens (tertiary/aromatic N) is 2. The maximum Gasteiger partial charge on any atom is 0.224 e. The standard InChI is InChI=1S/C10H19N5O2S/c1-3-11-10-13-6-5-9(15-10)12-7-8-18(16,17)14-4-2/h5-6,14H,3-4,7-8H2,1-2H3,(H2,11,12,13,15). The van der Waals surface area contributed by atoms with Gasteiger partial charge in [-0.2, -0.15) is 4.98 Å². The molecule has 1 heterocycles. The molecule has 0 saturated heterocycles. The third-order valence-electron chi connectivity index (χ3n) is 2.03. The summed E-state index contributed by atoms with van der Waals surface area (Å²) in [6, 6.07) is 1.70. The summed E-state index contributed by atoms with van der Waals surface area (Å²) in [6.07, 6.45) is 1.62. The van der Waals surface area contributed by atoms with Crippen molar-refractivity contribution in [1.82, 2.24) is 14.7 Å². The minimum atomic E-state index is -3.19. The van der Waals surface area contributed by atoms with E-state index in [-0.39, 0.29) is 5.75 Å². The first-order valence-corrected chi connectivity index (χ1v) is 7.50. The predicted octanol–water partition coefficient (Wildman–Crippen LogP) is 0.260. The maximum absolute atomic E-state index is 11.4. The van der Waals surface area contributed by atoms with Crippen LogP contribution in [0.5, 0.6) is 0 Å². The summed E-state index contributed by atoms with van der Waals surface area (Å²) in [5.41, 5.74) is 0. The molecule has 0 unspecified atom stereocenters. The monoisotopic (exact) mass is 273 g/mol. The van der Waals surface area contributed by atoms with Gasteiger partial charge in [0.1, 0.15) is 5.82 Å². The third-order valence-corrected chi connectivity index (χ3v) is 3.50. The zero-order valence-electron chi connectivity index (χ0n) is 10.6. The van der Waals surface area contributed by atoms with E-state index < -0.39 is 10.0 Å². The van der Waals surface area contributed by atoms with Crippen molar-refractivity contribution in [2.45, 2.75) is 13.8 Å². The lowest BCUT2D eigenvalue weighted by Gasteiger charge is -2.08. The molecule has 0 spiro atoms. The van der Waals surface area contributed by atoms with Gasteiger partial charge in [0.05, 0.1) is 5.75 Å². The van der Waals surface area contributed by atoms with E-state index in [4.69, 9.17) is 0 Å². The average Bonchev–Trinajstić information content (AvgIpc) is 2.29. The van der Waals surface area contributed by atoms with Gasteiger partial charge in [0, 0.05) is 25.8 Å². The largest absolute Gasteiger partial charge is 0.369 e. The second-order valence-corrected chi connectivity index (χ2v) is 5.47. The van der Waals surface area contributed by atoms with Crippen molar-refractivity contribution in [3.63, 3.8) is 0 Å². The summed E-state index contributed by atoms with van der Waals surface area (Å²) in [7, 11) is -3.19. The molecule has 8 heteroatoms. The Morgan fingerprint density at radius 3 is 2.67 bits per heavy atom. The van der Waals surface area contributed by atoms with Crippen molar-refractivity contribution in [2.24, 2.45) is 0 Å². The van der Waals surface area contributed by atoms with Crippen LogP contribution in [-0.4, -0.2) is 43.8 Å². The first-order valence-electron chi connectivity index (χ1n) is 5.85. The highest BCUT2D eigenvalue weighted by Gasteiger charge is 2.07. The normalized spacial score (nSPS) is 11.2. The highest BCUT2D eigenvalue weighted by molar-refractivity contribution is 7.89. The van der Waals surface area contributed by atoms with E-state index >= 15 is 0 Å². The predicted molar refractivity (Wildman–Crippen MR) is 72.1 cm³/mol. The number of hydrogen-bond acceptors (Lipinski definition) is 6. The van der Waals surface area contributed by atoms with E-state index in [1.807, 2.05) is 6.92 Å². The van der Waals surface area contributed by atoms with Gasteiger partial charge < -0.3 is 10.6 Å². The van der Waals surface area contributed by atoms with Crippen LogP contribution >= 0.6 is 0 Å². The molecule has 0 saturated carbocycles. The molecule has 0 aliphatic carbocycles. The summed E-state index contributed by atoms with van der Waals surface area (Å²) >= 11 is 0. The third kappa shape index (κ3) is 5.28. The molecule has 0 aliphatic heterocycles. The van der Waals surface area contributed by atoms with Gasteiger partial charge in [0.15, 0.2) is 0 Å². The van der Waals surface area contributed by atoms with Crippen LogP contribution in [-0.2, 0) is 10.0 Å². The Bertz CT molecular complexity index is 463. The van der Waals surface area contributed by atoms with Gasteiger partial charge in [-0.15, -0.1) is 0 Å². The fraction of sp³-hybridized carbons (Fsp3) is 0.600. The van der Waals surface area contributed by atoms with Crippen molar-refractivity contribution in [2.75, 3.05) is 36.0 Å². The number of nitrogens with one attached hydrogen (secondary N) is 3. The van der Waals surface area contributed by atoms with E-state index in [9.17, 15) is 8.42 Å². The molecule has 102 valence electrons. The van der Waals surface area contributed by atoms with Crippen molar-refractivity contribution in [3.05, 3.63) is 12.3 Å². The van der Waals surface area contributed by atoms with Gasteiger partial charge >= 0.3 is 0 Å². The van der Waals surface area contributed by atoms with Gasteiger partial charge in [0.2, 0.25) is 16.0 Å². The van der Waals surface area contributed by atoms with E-state index in [2.05, 4.69) is 25.3 Å². The molecule has 0 amide bonds. The molecule has 1 rings (SSSR count). The van der Waals surface area contributed by atoms with Crippen molar-refractivity contribution >= 4 is 21.8 Å². The molecule has 18 heavy (non-hydrogen) atoms. The van der Waals surface area contributed by atoms with Crippen molar-refractivity contribution < 1.29 is 8.42 Å². The minimum Gasteiger partial charge on any atom is -0.369 e. The molecular weight excluding hydrogens is 254 g/mol. The van der Waals surface area contributed by atoms with Crippen LogP contribution in [0.4, 0.5) is 11.8 Å². The maximum atomic E-state index is 11.4. The van der Waals surface area contributed by atoms with Crippen LogP contribution in [0.3, 0.4) is 0 Å². The summed E-state index contributed by atoms with van der Waals surface area (Å²) in [5.74, 6) is 1.14. The van der Waals surface area contributed by atoms with Crippen LogP contribution in [0.2, 0.25) is 0 Å². The summed E-state index contributed by atoms with van der Waals surface area (Å²) in [4.78, 5) is 8.20. The van der Waals surface area contributed by atoms with Crippen molar-refractivity contribution in [3.8, 4) is 0 Å². The number of aromatic nitrogens is 2. The van der Waals surface area contributed by atoms with E-state index in [0.717, 1.165) is 6.54 Å². The molecule has 0 aromatic carbocycles. The first kappa shape index (κ1) is 14.7. The number of hydrogen-bond donors (Lipinski definition) is 3. The van der Waals surface area contributed by atoms with Gasteiger partial charge in [-0.05, 0) is 13.0 Å². The Balaban J connectivity index is 2.46. The highest BCUT2D eigenvalue weighted by Crippen LogP contribution is 2.04. The molecular formula is C10H19N5O2S. The van der Waals surface area contributed by atoms with Gasteiger partial charge in [-0.3, -0.25) is 0 Å². The van der Waals surface area contributed by atoms with Gasteiger partial charge in [-0.25, -0.2) is 18.1 Å². The Kier molecular flexibility index (Phi) is 5.79. The zero-order valence-corrected chi connectivity index (χ0v) is 11.4. The molecule has 1 aromatic rings. The Morgan fingerprint density at radius 1 is 1.22 bits per heavy atom. The van der Waals surface area contributed by atoms with E-state index in [1.165, 1.54) is 0 Å². The van der Waals surface area contributed by atoms with Crippen LogP contribution in [0.15, 0.2) is 12.3 Å². The average molecular weight is 273 g/mol. The lowest BCUT2D eigenvalue weighted by Crippen LogP contribution is -2.29. The molecule has 0 aliphatic rings. The fourth-order valence-corrected chi connectivity index (χ4v) is 2.26. The summed E-state index contributed by atoms with van der Waals surface area (Å²) in [5, 5.41) is 5.93. The number of rotatable bonds is 8. The van der Waals surface area contributed by atoms with Gasteiger partial charge in [0.25, 0.3) is 0 Å². The fourth-order valence-electron chi connectivity index (χ4n) is 1.31. The number of sulfonamides is 1. The Hall–Kier alpha value is -1.41. The lowest BCUT2D eigenvalue weighted by atomic mass is 10.5. The molecule has 0 bridgehead atoms. The van der Waals surface area contributed by atoms with Gasteiger partial charge in [-0.1, -0.05) is 6.92 Å². The SMILES string of the molecule is CCNc1nccc(NCCS(=O)(=O)NCC)n1. The lowest BCUT2D eigenvalue weighted by molar-refractivity contribution is 0.584. The van der Waals surface area contributed by atoms with Crippen LogP contribution in [0.1, 0.15) is 13.8 Å². The molecule has 1 aromatic heterocycles. The second kappa shape index (κ2) is 7.12. The molecule has 7 nitrogen and oxygen atoms in total. The first-order chi connectivity index (χ1) is 8.57. The van der Waals surface area contributed by atoms with Crippen molar-refractivity contribution in [1.29, 1.82) is 0 Å². The highest BCUT2D eigenvalue weighted by atomic mass is 32.2. The summed E-state index contributed by atoms with van der Waals surface area (Å²) < 4.78 is 25.2. The van der Waals surface area contributed by atoms with Crippen LogP contribution < -0.4 is 15.4 Å².